The summed E-state index contributed by atoms with van der Waals surface area (Å²) in [5.41, 5.74) is 0.327. The summed E-state index contributed by atoms with van der Waals surface area (Å²) in [6.45, 7) is 0. The van der Waals surface area contributed by atoms with Crippen LogP contribution in [0.4, 0.5) is 5.69 Å². The highest BCUT2D eigenvalue weighted by molar-refractivity contribution is 6.30. The van der Waals surface area contributed by atoms with Crippen molar-refractivity contribution in [2.75, 3.05) is 19.5 Å². The molecule has 0 saturated carbocycles. The van der Waals surface area contributed by atoms with E-state index in [9.17, 15) is 9.59 Å². The number of aromatic nitrogens is 1. The van der Waals surface area contributed by atoms with Gasteiger partial charge < -0.3 is 19.8 Å². The molecule has 21 heavy (non-hydrogen) atoms. The molecule has 2 rings (SSSR count). The van der Waals surface area contributed by atoms with E-state index in [4.69, 9.17) is 21.1 Å². The van der Waals surface area contributed by atoms with Crippen LogP contribution in [0.25, 0.3) is 0 Å². The zero-order valence-corrected chi connectivity index (χ0v) is 12.2. The number of hydrogen-bond donors (Lipinski definition) is 2. The minimum absolute atomic E-state index is 0.0463. The fraction of sp³-hybridized carbons (Fsp3) is 0.143. The highest BCUT2D eigenvalue weighted by Crippen LogP contribution is 2.29. The quantitative estimate of drug-likeness (QED) is 0.908. The Morgan fingerprint density at radius 1 is 1.19 bits per heavy atom. The van der Waals surface area contributed by atoms with E-state index < -0.39 is 11.5 Å². The van der Waals surface area contributed by atoms with Crippen LogP contribution >= 0.6 is 11.6 Å². The van der Waals surface area contributed by atoms with Gasteiger partial charge in [0.05, 0.1) is 19.8 Å². The lowest BCUT2D eigenvalue weighted by Gasteiger charge is -2.10. The molecule has 0 aliphatic rings. The largest absolute Gasteiger partial charge is 0.493 e. The van der Waals surface area contributed by atoms with Gasteiger partial charge in [0.15, 0.2) is 11.5 Å². The standard InChI is InChI=1S/C14H13ClN2O4/c1-20-11-4-3-9(6-12(11)21-2)17-13(18)8-5-10(15)14(19)16-7-8/h3-7H,1-2H3,(H,16,19)(H,17,18). The van der Waals surface area contributed by atoms with Crippen molar-refractivity contribution in [3.05, 3.63) is 51.4 Å². The summed E-state index contributed by atoms with van der Waals surface area (Å²) < 4.78 is 10.3. The van der Waals surface area contributed by atoms with Crippen molar-refractivity contribution in [1.29, 1.82) is 0 Å². The maximum atomic E-state index is 12.1. The van der Waals surface area contributed by atoms with Gasteiger partial charge in [-0.05, 0) is 18.2 Å². The molecule has 1 aromatic carbocycles. The number of halogens is 1. The number of nitrogens with one attached hydrogen (secondary N) is 2. The Labute approximate surface area is 125 Å². The second-order valence-corrected chi connectivity index (χ2v) is 4.50. The molecule has 0 unspecified atom stereocenters. The van der Waals surface area contributed by atoms with Crippen molar-refractivity contribution in [3.63, 3.8) is 0 Å². The average molecular weight is 309 g/mol. The number of H-pyrrole nitrogens is 1. The number of amides is 1. The number of aromatic amines is 1. The van der Waals surface area contributed by atoms with E-state index in [1.54, 1.807) is 18.2 Å². The summed E-state index contributed by atoms with van der Waals surface area (Å²) in [6.07, 6.45) is 1.30. The topological polar surface area (TPSA) is 80.4 Å². The number of pyridine rings is 1. The third-order valence-corrected chi connectivity index (χ3v) is 3.04. The number of rotatable bonds is 4. The summed E-state index contributed by atoms with van der Waals surface area (Å²) >= 11 is 5.69. The molecule has 0 radical (unpaired) electrons. The van der Waals surface area contributed by atoms with Crippen molar-refractivity contribution in [3.8, 4) is 11.5 Å². The molecule has 0 spiro atoms. The van der Waals surface area contributed by atoms with Gasteiger partial charge in [0.2, 0.25) is 0 Å². The number of carbonyl (C=O) groups is 1. The first-order valence-corrected chi connectivity index (χ1v) is 6.34. The Bertz CT molecular complexity index is 727. The molecule has 0 aliphatic carbocycles. The molecule has 1 amide bonds. The average Bonchev–Trinajstić information content (AvgIpc) is 2.49. The Morgan fingerprint density at radius 2 is 1.90 bits per heavy atom. The van der Waals surface area contributed by atoms with Crippen LogP contribution in [-0.2, 0) is 0 Å². The van der Waals surface area contributed by atoms with E-state index in [1.807, 2.05) is 0 Å². The highest BCUT2D eigenvalue weighted by Gasteiger charge is 2.10. The predicted octanol–water partition coefficient (Wildman–Crippen LogP) is 2.30. The van der Waals surface area contributed by atoms with Crippen molar-refractivity contribution < 1.29 is 14.3 Å². The molecule has 0 atom stereocenters. The number of ether oxygens (including phenoxy) is 2. The molecule has 1 aromatic heterocycles. The molecule has 110 valence electrons. The monoisotopic (exact) mass is 308 g/mol. The maximum absolute atomic E-state index is 12.1. The highest BCUT2D eigenvalue weighted by atomic mass is 35.5. The van der Waals surface area contributed by atoms with E-state index >= 15 is 0 Å². The van der Waals surface area contributed by atoms with Crippen molar-refractivity contribution >= 4 is 23.2 Å². The molecule has 7 heteroatoms. The Hall–Kier alpha value is -2.47. The summed E-state index contributed by atoms with van der Waals surface area (Å²) in [7, 11) is 3.03. The predicted molar refractivity (Wildman–Crippen MR) is 79.6 cm³/mol. The third kappa shape index (κ3) is 3.35. The van der Waals surface area contributed by atoms with Crippen LogP contribution < -0.4 is 20.3 Å². The number of carbonyl (C=O) groups excluding carboxylic acids is 1. The number of methoxy groups -OCH3 is 2. The third-order valence-electron chi connectivity index (χ3n) is 2.76. The molecular weight excluding hydrogens is 296 g/mol. The van der Waals surface area contributed by atoms with Crippen LogP contribution in [-0.4, -0.2) is 25.1 Å². The van der Waals surface area contributed by atoms with Gasteiger partial charge in [-0.2, -0.15) is 0 Å². The van der Waals surface area contributed by atoms with E-state index in [2.05, 4.69) is 10.3 Å². The van der Waals surface area contributed by atoms with E-state index in [0.717, 1.165) is 0 Å². The molecule has 2 aromatic rings. The van der Waals surface area contributed by atoms with Gasteiger partial charge in [0.25, 0.3) is 11.5 Å². The van der Waals surface area contributed by atoms with Gasteiger partial charge in [-0.15, -0.1) is 0 Å². The molecule has 6 nitrogen and oxygen atoms in total. The van der Waals surface area contributed by atoms with Gasteiger partial charge >= 0.3 is 0 Å². The first kappa shape index (κ1) is 14.9. The van der Waals surface area contributed by atoms with E-state index in [1.165, 1.54) is 26.5 Å². The fourth-order valence-corrected chi connectivity index (χ4v) is 1.88. The smallest absolute Gasteiger partial charge is 0.266 e. The maximum Gasteiger partial charge on any atom is 0.266 e. The lowest BCUT2D eigenvalue weighted by atomic mass is 10.2. The molecule has 0 bridgehead atoms. The van der Waals surface area contributed by atoms with E-state index in [0.29, 0.717) is 17.2 Å². The number of hydrogen-bond acceptors (Lipinski definition) is 4. The second-order valence-electron chi connectivity index (χ2n) is 4.09. The lowest BCUT2D eigenvalue weighted by molar-refractivity contribution is 0.102. The number of anilines is 1. The summed E-state index contributed by atoms with van der Waals surface area (Å²) in [4.78, 5) is 25.6. The van der Waals surface area contributed by atoms with Crippen LogP contribution in [0.1, 0.15) is 10.4 Å². The first-order valence-electron chi connectivity index (χ1n) is 5.96. The van der Waals surface area contributed by atoms with E-state index in [-0.39, 0.29) is 10.6 Å². The van der Waals surface area contributed by atoms with Gasteiger partial charge in [-0.3, -0.25) is 9.59 Å². The summed E-state index contributed by atoms with van der Waals surface area (Å²) in [6, 6.07) is 6.28. The van der Waals surface area contributed by atoms with Crippen LogP contribution in [0.5, 0.6) is 11.5 Å². The Balaban J connectivity index is 2.23. The molecule has 0 fully saturated rings. The minimum atomic E-state index is -0.445. The fourth-order valence-electron chi connectivity index (χ4n) is 1.70. The van der Waals surface area contributed by atoms with Gasteiger partial charge in [0, 0.05) is 18.0 Å². The molecular formula is C14H13ClN2O4. The molecule has 2 N–H and O–H groups in total. The van der Waals surface area contributed by atoms with Gasteiger partial charge in [0.1, 0.15) is 5.02 Å². The Kier molecular flexibility index (Phi) is 4.49. The van der Waals surface area contributed by atoms with Crippen LogP contribution in [0.15, 0.2) is 35.3 Å². The normalized spacial score (nSPS) is 10.0. The zero-order valence-electron chi connectivity index (χ0n) is 11.4. The van der Waals surface area contributed by atoms with Crippen molar-refractivity contribution in [2.24, 2.45) is 0 Å². The summed E-state index contributed by atoms with van der Waals surface area (Å²) in [5, 5.41) is 2.63. The van der Waals surface area contributed by atoms with Crippen molar-refractivity contribution in [1.82, 2.24) is 4.98 Å². The lowest BCUT2D eigenvalue weighted by Crippen LogP contribution is -2.15. The van der Waals surface area contributed by atoms with Crippen molar-refractivity contribution in [2.45, 2.75) is 0 Å². The molecule has 0 saturated heterocycles. The van der Waals surface area contributed by atoms with Crippen LogP contribution in [0, 0.1) is 0 Å². The Morgan fingerprint density at radius 3 is 2.52 bits per heavy atom. The molecule has 0 aliphatic heterocycles. The number of benzene rings is 1. The van der Waals surface area contributed by atoms with Crippen LogP contribution in [0.2, 0.25) is 5.02 Å². The summed E-state index contributed by atoms with van der Waals surface area (Å²) in [5.74, 6) is 0.651. The zero-order chi connectivity index (χ0) is 15.4. The second kappa shape index (κ2) is 6.32. The minimum Gasteiger partial charge on any atom is -0.493 e. The van der Waals surface area contributed by atoms with Gasteiger partial charge in [-0.1, -0.05) is 11.6 Å². The van der Waals surface area contributed by atoms with Crippen LogP contribution in [0.3, 0.4) is 0 Å². The SMILES string of the molecule is COc1ccc(NC(=O)c2c[nH]c(=O)c(Cl)c2)cc1OC. The van der Waals surface area contributed by atoms with Gasteiger partial charge in [-0.25, -0.2) is 0 Å². The first-order chi connectivity index (χ1) is 10.0. The molecule has 1 heterocycles.